The fourth-order valence-corrected chi connectivity index (χ4v) is 2.94. The second-order valence-corrected chi connectivity index (χ2v) is 6.93. The zero-order valence-corrected chi connectivity index (χ0v) is 10.7. The van der Waals surface area contributed by atoms with Gasteiger partial charge < -0.3 is 5.11 Å². The monoisotopic (exact) mass is 255 g/mol. The van der Waals surface area contributed by atoms with Crippen molar-refractivity contribution >= 4 is 10.0 Å². The minimum atomic E-state index is -3.37. The Morgan fingerprint density at radius 3 is 2.65 bits per heavy atom. The largest absolute Gasteiger partial charge is 0.391 e. The first-order chi connectivity index (χ1) is 7.92. The van der Waals surface area contributed by atoms with E-state index < -0.39 is 27.4 Å². The van der Waals surface area contributed by atoms with Crippen LogP contribution in [0.25, 0.3) is 0 Å². The molecule has 0 amide bonds. The van der Waals surface area contributed by atoms with Crippen molar-refractivity contribution < 1.29 is 13.5 Å². The molecule has 1 aromatic carbocycles. The maximum Gasteiger partial charge on any atom is 0.214 e. The van der Waals surface area contributed by atoms with Crippen molar-refractivity contribution in [3.8, 4) is 0 Å². The summed E-state index contributed by atoms with van der Waals surface area (Å²) in [6, 6.07) is 7.01. The van der Waals surface area contributed by atoms with Crippen LogP contribution in [0, 0.1) is 0 Å². The van der Waals surface area contributed by atoms with Crippen LogP contribution in [-0.4, -0.2) is 24.9 Å². The smallest absolute Gasteiger partial charge is 0.214 e. The number of nitrogens with one attached hydrogen (secondary N) is 1. The topological polar surface area (TPSA) is 66.4 Å². The highest BCUT2D eigenvalue weighted by atomic mass is 32.2. The fraction of sp³-hybridized carbons (Fsp3) is 0.500. The van der Waals surface area contributed by atoms with Crippen LogP contribution < -0.4 is 4.72 Å². The Bertz CT molecular complexity index is 510. The van der Waals surface area contributed by atoms with E-state index in [0.717, 1.165) is 11.1 Å². The first kappa shape index (κ1) is 12.5. The second-order valence-electron chi connectivity index (χ2n) is 4.66. The lowest BCUT2D eigenvalue weighted by Gasteiger charge is -2.19. The van der Waals surface area contributed by atoms with Gasteiger partial charge in [0.1, 0.15) is 0 Å². The first-order valence-corrected chi connectivity index (χ1v) is 7.23. The molecule has 2 N–H and O–H groups in total. The molecule has 1 aromatic rings. The van der Waals surface area contributed by atoms with Crippen LogP contribution in [0.2, 0.25) is 0 Å². The van der Waals surface area contributed by atoms with E-state index >= 15 is 0 Å². The number of aliphatic hydroxyl groups is 1. The van der Waals surface area contributed by atoms with Gasteiger partial charge in [0.15, 0.2) is 0 Å². The quantitative estimate of drug-likeness (QED) is 0.846. The van der Waals surface area contributed by atoms with Crippen LogP contribution in [0.15, 0.2) is 24.3 Å². The number of rotatable bonds is 3. The minimum absolute atomic E-state index is 0.498. The van der Waals surface area contributed by atoms with Crippen molar-refractivity contribution in [2.45, 2.75) is 37.7 Å². The van der Waals surface area contributed by atoms with Crippen LogP contribution in [-0.2, 0) is 16.4 Å². The minimum Gasteiger partial charge on any atom is -0.391 e. The Morgan fingerprint density at radius 2 is 2.00 bits per heavy atom. The molecule has 0 bridgehead atoms. The average molecular weight is 255 g/mol. The van der Waals surface area contributed by atoms with Gasteiger partial charge in [-0.3, -0.25) is 0 Å². The molecule has 0 aromatic heterocycles. The molecule has 2 atom stereocenters. The lowest BCUT2D eigenvalue weighted by Crippen LogP contribution is -2.37. The SMILES string of the molecule is CC(C)S(=O)(=O)N[C@@H]1c2ccccc2C[C@@H]1O. The van der Waals surface area contributed by atoms with Gasteiger partial charge >= 0.3 is 0 Å². The average Bonchev–Trinajstić information content (AvgIpc) is 2.55. The van der Waals surface area contributed by atoms with Gasteiger partial charge in [-0.2, -0.15) is 0 Å². The molecule has 2 rings (SSSR count). The number of hydrogen-bond acceptors (Lipinski definition) is 3. The summed E-state index contributed by atoms with van der Waals surface area (Å²) in [5.41, 5.74) is 1.89. The Hall–Kier alpha value is -0.910. The van der Waals surface area contributed by atoms with Gasteiger partial charge in [0.25, 0.3) is 0 Å². The summed E-state index contributed by atoms with van der Waals surface area (Å²) in [4.78, 5) is 0. The van der Waals surface area contributed by atoms with Crippen molar-refractivity contribution in [3.05, 3.63) is 35.4 Å². The van der Waals surface area contributed by atoms with E-state index in [9.17, 15) is 13.5 Å². The molecule has 1 aliphatic rings. The van der Waals surface area contributed by atoms with E-state index in [-0.39, 0.29) is 0 Å². The third kappa shape index (κ3) is 2.36. The zero-order valence-electron chi connectivity index (χ0n) is 9.92. The molecular weight excluding hydrogens is 238 g/mol. The summed E-state index contributed by atoms with van der Waals surface area (Å²) in [6.07, 6.45) is -0.178. The summed E-state index contributed by atoms with van der Waals surface area (Å²) < 4.78 is 26.2. The summed E-state index contributed by atoms with van der Waals surface area (Å²) in [6.45, 7) is 3.24. The zero-order chi connectivity index (χ0) is 12.6. The molecule has 0 aliphatic heterocycles. The van der Waals surface area contributed by atoms with E-state index in [0.29, 0.717) is 6.42 Å². The summed E-state index contributed by atoms with van der Waals surface area (Å²) >= 11 is 0. The lowest BCUT2D eigenvalue weighted by molar-refractivity contribution is 0.151. The first-order valence-electron chi connectivity index (χ1n) is 5.69. The number of fused-ring (bicyclic) bond motifs is 1. The lowest BCUT2D eigenvalue weighted by atomic mass is 10.1. The Labute approximate surface area is 102 Å². The molecule has 1 aliphatic carbocycles. The van der Waals surface area contributed by atoms with Gasteiger partial charge in [0.05, 0.1) is 17.4 Å². The van der Waals surface area contributed by atoms with Gasteiger partial charge in [-0.1, -0.05) is 24.3 Å². The predicted octanol–water partition coefficient (Wildman–Crippen LogP) is 0.973. The molecule has 0 saturated carbocycles. The van der Waals surface area contributed by atoms with E-state index in [2.05, 4.69) is 4.72 Å². The van der Waals surface area contributed by atoms with Crippen LogP contribution >= 0.6 is 0 Å². The Kier molecular flexibility index (Phi) is 3.25. The van der Waals surface area contributed by atoms with Crippen LogP contribution in [0.3, 0.4) is 0 Å². The van der Waals surface area contributed by atoms with Gasteiger partial charge in [0, 0.05) is 6.42 Å². The fourth-order valence-electron chi connectivity index (χ4n) is 2.03. The molecule has 0 spiro atoms. The predicted molar refractivity (Wildman–Crippen MR) is 66.1 cm³/mol. The molecule has 17 heavy (non-hydrogen) atoms. The van der Waals surface area contributed by atoms with Crippen LogP contribution in [0.4, 0.5) is 0 Å². The van der Waals surface area contributed by atoms with Crippen LogP contribution in [0.5, 0.6) is 0 Å². The van der Waals surface area contributed by atoms with Crippen molar-refractivity contribution in [1.82, 2.24) is 4.72 Å². The van der Waals surface area contributed by atoms with Crippen molar-refractivity contribution in [1.29, 1.82) is 0 Å². The van der Waals surface area contributed by atoms with Gasteiger partial charge in [-0.25, -0.2) is 13.1 Å². The number of hydrogen-bond donors (Lipinski definition) is 2. The summed E-state index contributed by atoms with van der Waals surface area (Å²) in [5.74, 6) is 0. The maximum atomic E-state index is 11.8. The molecule has 0 fully saturated rings. The highest BCUT2D eigenvalue weighted by molar-refractivity contribution is 7.90. The molecule has 0 saturated heterocycles. The Morgan fingerprint density at radius 1 is 1.35 bits per heavy atom. The van der Waals surface area contributed by atoms with Gasteiger partial charge in [-0.05, 0) is 25.0 Å². The van der Waals surface area contributed by atoms with Gasteiger partial charge in [-0.15, -0.1) is 0 Å². The number of benzene rings is 1. The third-order valence-electron chi connectivity index (χ3n) is 3.12. The molecular formula is C12H17NO3S. The van der Waals surface area contributed by atoms with Crippen molar-refractivity contribution in [2.24, 2.45) is 0 Å². The number of aliphatic hydroxyl groups excluding tert-OH is 1. The normalized spacial score (nSPS) is 24.0. The van der Waals surface area contributed by atoms with Crippen molar-refractivity contribution in [2.75, 3.05) is 0 Å². The molecule has 0 unspecified atom stereocenters. The van der Waals surface area contributed by atoms with E-state index in [4.69, 9.17) is 0 Å². The molecule has 4 nitrogen and oxygen atoms in total. The van der Waals surface area contributed by atoms with E-state index in [1.54, 1.807) is 13.8 Å². The van der Waals surface area contributed by atoms with E-state index in [1.165, 1.54) is 0 Å². The molecule has 0 radical (unpaired) electrons. The van der Waals surface area contributed by atoms with Gasteiger partial charge in [0.2, 0.25) is 10.0 Å². The van der Waals surface area contributed by atoms with Crippen molar-refractivity contribution in [3.63, 3.8) is 0 Å². The highest BCUT2D eigenvalue weighted by Gasteiger charge is 2.34. The Balaban J connectivity index is 2.29. The molecule has 94 valence electrons. The second kappa shape index (κ2) is 4.40. The maximum absolute atomic E-state index is 11.8. The summed E-state index contributed by atoms with van der Waals surface area (Å²) in [5, 5.41) is 9.43. The molecule has 5 heteroatoms. The molecule has 0 heterocycles. The summed E-state index contributed by atoms with van der Waals surface area (Å²) in [7, 11) is -3.37. The standard InChI is InChI=1S/C12H17NO3S/c1-8(2)17(15,16)13-12-10-6-4-3-5-9(10)7-11(12)14/h3-6,8,11-14H,7H2,1-2H3/t11-,12+/m0/s1. The van der Waals surface area contributed by atoms with Crippen LogP contribution in [0.1, 0.15) is 31.0 Å². The third-order valence-corrected chi connectivity index (χ3v) is 4.94. The number of sulfonamides is 1. The van der Waals surface area contributed by atoms with E-state index in [1.807, 2.05) is 24.3 Å². The highest BCUT2D eigenvalue weighted by Crippen LogP contribution is 2.31.